The van der Waals surface area contributed by atoms with Crippen LogP contribution in [-0.2, 0) is 4.79 Å². The van der Waals surface area contributed by atoms with Crippen LogP contribution < -0.4 is 14.5 Å². The molecule has 3 aromatic carbocycles. The van der Waals surface area contributed by atoms with Crippen LogP contribution >= 0.6 is 0 Å². The number of methoxy groups -OCH3 is 1. The second kappa shape index (κ2) is 10.3. The summed E-state index contributed by atoms with van der Waals surface area (Å²) < 4.78 is 5.23. The van der Waals surface area contributed by atoms with Crippen molar-refractivity contribution in [1.29, 1.82) is 0 Å². The molecule has 0 saturated heterocycles. The van der Waals surface area contributed by atoms with Gasteiger partial charge in [-0.25, -0.2) is 0 Å². The van der Waals surface area contributed by atoms with E-state index in [1.54, 1.807) is 31.4 Å². The molecule has 0 fully saturated rings. The molecule has 2 atom stereocenters. The normalized spacial score (nSPS) is 17.1. The van der Waals surface area contributed by atoms with Gasteiger partial charge in [0.15, 0.2) is 0 Å². The first-order valence-electron chi connectivity index (χ1n) is 12.3. The summed E-state index contributed by atoms with van der Waals surface area (Å²) in [5, 5.41) is 0. The second-order valence-electron chi connectivity index (χ2n) is 9.43. The molecule has 0 N–H and O–H groups in total. The first-order valence-corrected chi connectivity index (χ1v) is 12.3. The number of para-hydroxylation sites is 1. The molecule has 182 valence electrons. The van der Waals surface area contributed by atoms with Crippen molar-refractivity contribution in [3.05, 3.63) is 89.5 Å². The zero-order valence-electron chi connectivity index (χ0n) is 21.2. The molecule has 5 nitrogen and oxygen atoms in total. The summed E-state index contributed by atoms with van der Waals surface area (Å²) in [6, 6.07) is 23.1. The van der Waals surface area contributed by atoms with Crippen LogP contribution in [0, 0.1) is 0 Å². The molecule has 35 heavy (non-hydrogen) atoms. The first-order chi connectivity index (χ1) is 16.8. The summed E-state index contributed by atoms with van der Waals surface area (Å²) in [5.41, 5.74) is 4.45. The van der Waals surface area contributed by atoms with Gasteiger partial charge in [-0.3, -0.25) is 9.59 Å². The number of fused-ring (bicyclic) bond motifs is 1. The molecule has 0 aliphatic carbocycles. The van der Waals surface area contributed by atoms with Gasteiger partial charge in [-0.2, -0.15) is 0 Å². The maximum Gasteiger partial charge on any atom is 0.258 e. The van der Waals surface area contributed by atoms with Crippen molar-refractivity contribution >= 4 is 23.2 Å². The van der Waals surface area contributed by atoms with E-state index in [2.05, 4.69) is 26.0 Å². The van der Waals surface area contributed by atoms with E-state index in [4.69, 9.17) is 4.74 Å². The summed E-state index contributed by atoms with van der Waals surface area (Å²) in [5.74, 6) is 0.831. The Morgan fingerprint density at radius 3 is 2.26 bits per heavy atom. The smallest absolute Gasteiger partial charge is 0.258 e. The third-order valence-electron chi connectivity index (χ3n) is 6.90. The molecule has 2 amide bonds. The molecule has 0 aromatic heterocycles. The lowest BCUT2D eigenvalue weighted by Crippen LogP contribution is -2.46. The van der Waals surface area contributed by atoms with E-state index in [9.17, 15) is 9.59 Å². The van der Waals surface area contributed by atoms with Gasteiger partial charge < -0.3 is 14.5 Å². The lowest BCUT2D eigenvalue weighted by molar-refractivity contribution is -0.120. The Hall–Kier alpha value is -3.60. The Labute approximate surface area is 208 Å². The molecule has 1 aliphatic rings. The minimum Gasteiger partial charge on any atom is -0.497 e. The van der Waals surface area contributed by atoms with E-state index < -0.39 is 0 Å². The maximum atomic E-state index is 13.9. The first kappa shape index (κ1) is 24.5. The number of carbonyl (C=O) groups is 2. The quantitative estimate of drug-likeness (QED) is 0.419. The Morgan fingerprint density at radius 2 is 1.66 bits per heavy atom. The van der Waals surface area contributed by atoms with E-state index in [-0.39, 0.29) is 23.8 Å². The Balaban J connectivity index is 1.66. The number of amides is 2. The molecule has 4 rings (SSSR count). The number of rotatable bonds is 6. The highest BCUT2D eigenvalue weighted by Crippen LogP contribution is 2.41. The fraction of sp³-hybridized carbons (Fsp3) is 0.333. The summed E-state index contributed by atoms with van der Waals surface area (Å²) in [6.07, 6.45) is 0.568. The molecule has 0 spiro atoms. The summed E-state index contributed by atoms with van der Waals surface area (Å²) in [7, 11) is 1.61. The Kier molecular flexibility index (Phi) is 7.25. The number of benzene rings is 3. The van der Waals surface area contributed by atoms with E-state index >= 15 is 0 Å². The van der Waals surface area contributed by atoms with E-state index in [0.717, 1.165) is 16.9 Å². The van der Waals surface area contributed by atoms with Crippen LogP contribution in [0.2, 0.25) is 0 Å². The van der Waals surface area contributed by atoms with Crippen LogP contribution in [0.4, 0.5) is 11.4 Å². The average molecular weight is 471 g/mol. The van der Waals surface area contributed by atoms with E-state index in [0.29, 0.717) is 30.2 Å². The van der Waals surface area contributed by atoms with Crippen molar-refractivity contribution in [2.75, 3.05) is 23.5 Å². The fourth-order valence-electron chi connectivity index (χ4n) is 4.92. The lowest BCUT2D eigenvalue weighted by Gasteiger charge is -2.40. The summed E-state index contributed by atoms with van der Waals surface area (Å²) in [4.78, 5) is 31.1. The number of anilines is 2. The summed E-state index contributed by atoms with van der Waals surface area (Å²) >= 11 is 0. The second-order valence-corrected chi connectivity index (χ2v) is 9.43. The topological polar surface area (TPSA) is 49.9 Å². The largest absolute Gasteiger partial charge is 0.497 e. The third kappa shape index (κ3) is 4.81. The van der Waals surface area contributed by atoms with Gasteiger partial charge in [0.2, 0.25) is 5.91 Å². The molecule has 0 bridgehead atoms. The number of ether oxygens (including phenoxy) is 1. The zero-order chi connectivity index (χ0) is 25.1. The zero-order valence-corrected chi connectivity index (χ0v) is 21.2. The highest BCUT2D eigenvalue weighted by molar-refractivity contribution is 6.09. The van der Waals surface area contributed by atoms with Crippen LogP contribution in [0.15, 0.2) is 72.8 Å². The van der Waals surface area contributed by atoms with Crippen LogP contribution in [0.3, 0.4) is 0 Å². The number of hydrogen-bond donors (Lipinski definition) is 0. The van der Waals surface area contributed by atoms with Crippen LogP contribution in [0.5, 0.6) is 5.75 Å². The third-order valence-corrected chi connectivity index (χ3v) is 6.90. The van der Waals surface area contributed by atoms with Gasteiger partial charge in [-0.1, -0.05) is 44.2 Å². The van der Waals surface area contributed by atoms with Crippen molar-refractivity contribution < 1.29 is 14.3 Å². The lowest BCUT2D eigenvalue weighted by atomic mass is 9.84. The van der Waals surface area contributed by atoms with Crippen molar-refractivity contribution in [2.45, 2.75) is 52.0 Å². The molecule has 0 unspecified atom stereocenters. The molecule has 0 saturated carbocycles. The monoisotopic (exact) mass is 470 g/mol. The van der Waals surface area contributed by atoms with Crippen molar-refractivity contribution in [3.8, 4) is 5.75 Å². The van der Waals surface area contributed by atoms with Gasteiger partial charge >= 0.3 is 0 Å². The van der Waals surface area contributed by atoms with Gasteiger partial charge in [0, 0.05) is 29.5 Å². The molecule has 1 aliphatic heterocycles. The minimum atomic E-state index is -0.314. The van der Waals surface area contributed by atoms with Crippen molar-refractivity contribution in [2.24, 2.45) is 0 Å². The molecule has 0 radical (unpaired) electrons. The predicted octanol–water partition coefficient (Wildman–Crippen LogP) is 6.39. The van der Waals surface area contributed by atoms with Gasteiger partial charge in [-0.15, -0.1) is 0 Å². The number of likely N-dealkylation sites (N-methyl/N-ethyl adjacent to an activating group) is 1. The van der Waals surface area contributed by atoms with E-state index in [1.165, 1.54) is 5.56 Å². The number of hydrogen-bond acceptors (Lipinski definition) is 3. The fourth-order valence-corrected chi connectivity index (χ4v) is 4.92. The minimum absolute atomic E-state index is 0.0700. The highest BCUT2D eigenvalue weighted by atomic mass is 16.5. The SMILES string of the molecule is CCN(C(=O)[C@H]1C[C@H](C)N(C(=O)c2ccc(OC)cc2)c2ccccc21)c1ccc(C(C)C)cc1. The summed E-state index contributed by atoms with van der Waals surface area (Å²) in [6.45, 7) is 8.94. The van der Waals surface area contributed by atoms with Gasteiger partial charge in [0.05, 0.1) is 13.0 Å². The highest BCUT2D eigenvalue weighted by Gasteiger charge is 2.38. The molecule has 3 aromatic rings. The molecule has 1 heterocycles. The van der Waals surface area contributed by atoms with Gasteiger partial charge in [0.1, 0.15) is 5.75 Å². The number of nitrogens with zero attached hydrogens (tertiary/aromatic N) is 2. The van der Waals surface area contributed by atoms with Crippen molar-refractivity contribution in [3.63, 3.8) is 0 Å². The van der Waals surface area contributed by atoms with E-state index in [1.807, 2.05) is 60.0 Å². The van der Waals surface area contributed by atoms with Crippen LogP contribution in [0.25, 0.3) is 0 Å². The average Bonchev–Trinajstić information content (AvgIpc) is 2.88. The Bertz CT molecular complexity index is 1180. The van der Waals surface area contributed by atoms with Gasteiger partial charge in [0.25, 0.3) is 5.91 Å². The predicted molar refractivity (Wildman–Crippen MR) is 142 cm³/mol. The molecule has 5 heteroatoms. The van der Waals surface area contributed by atoms with Crippen LogP contribution in [0.1, 0.15) is 67.4 Å². The van der Waals surface area contributed by atoms with Crippen molar-refractivity contribution in [1.82, 2.24) is 0 Å². The maximum absolute atomic E-state index is 13.9. The van der Waals surface area contributed by atoms with Crippen LogP contribution in [-0.4, -0.2) is 31.5 Å². The molecular formula is C30H34N2O3. The van der Waals surface area contributed by atoms with Gasteiger partial charge in [-0.05, 0) is 79.8 Å². The number of carbonyl (C=O) groups excluding carboxylic acids is 2. The Morgan fingerprint density at radius 1 is 1.00 bits per heavy atom. The standard InChI is InChI=1S/C30H34N2O3/c1-6-31(24-15-11-22(12-16-24)20(2)3)30(34)27-19-21(4)32(28-10-8-7-9-26(27)28)29(33)23-13-17-25(35-5)18-14-23/h7-18,20-21,27H,6,19H2,1-5H3/t21-,27-/m0/s1. The molecular weight excluding hydrogens is 436 g/mol.